The smallest absolute Gasteiger partial charge is 0.273 e. The minimum absolute atomic E-state index is 0.00336. The summed E-state index contributed by atoms with van der Waals surface area (Å²) in [4.78, 5) is 13.5. The molecule has 0 fully saturated rings. The first-order valence-electron chi connectivity index (χ1n) is 9.29. The molecule has 1 N–H and O–H groups in total. The molecule has 0 spiro atoms. The number of hydrogen-bond acceptors (Lipinski definition) is 4. The first kappa shape index (κ1) is 26.6. The number of halogens is 8. The molecule has 34 heavy (non-hydrogen) atoms. The van der Waals surface area contributed by atoms with Gasteiger partial charge in [0.2, 0.25) is 0 Å². The number of aliphatic imine (C=N–C) groups is 1. The summed E-state index contributed by atoms with van der Waals surface area (Å²) in [7, 11) is 0. The van der Waals surface area contributed by atoms with Crippen molar-refractivity contribution in [2.24, 2.45) is 4.99 Å². The first-order chi connectivity index (χ1) is 16.1. The van der Waals surface area contributed by atoms with Crippen LogP contribution in [0.4, 0.5) is 18.9 Å². The summed E-state index contributed by atoms with van der Waals surface area (Å²) in [5, 5.41) is 1.26. The Morgan fingerprint density at radius 3 is 2.29 bits per heavy atom. The number of aromatic nitrogens is 1. The lowest BCUT2D eigenvalue weighted by atomic mass is 10.1. The number of nitrogens with one attached hydrogen (secondary N) is 1. The van der Waals surface area contributed by atoms with Gasteiger partial charge in [-0.2, -0.15) is 13.2 Å². The van der Waals surface area contributed by atoms with Crippen LogP contribution in [0.25, 0.3) is 5.57 Å². The summed E-state index contributed by atoms with van der Waals surface area (Å²) in [5.41, 5.74) is 2.72. The number of alkyl halides is 3. The second kappa shape index (κ2) is 11.6. The van der Waals surface area contributed by atoms with Gasteiger partial charge >= 0.3 is 6.18 Å². The van der Waals surface area contributed by atoms with E-state index in [2.05, 4.69) is 15.5 Å². The fraction of sp³-hybridized carbons (Fsp3) is 0.0909. The standard InChI is InChI=1S/C22H13Cl5F3N3O/c23-14-4-5-20(18(26)7-14)31-8-12(21-19(27)6-13(10-32-21)22(28,29)30)9-33-34-11-15-16(24)2-1-3-17(15)25/h1-10,33H,11H2/b12-9-,31-8?. The summed E-state index contributed by atoms with van der Waals surface area (Å²) in [6.07, 6.45) is -1.29. The molecule has 0 aliphatic carbocycles. The Balaban J connectivity index is 1.89. The van der Waals surface area contributed by atoms with E-state index in [1.165, 1.54) is 18.5 Å². The highest BCUT2D eigenvalue weighted by Gasteiger charge is 2.31. The van der Waals surface area contributed by atoms with E-state index in [-0.39, 0.29) is 27.9 Å². The molecule has 0 atom stereocenters. The van der Waals surface area contributed by atoms with Gasteiger partial charge in [-0.3, -0.25) is 20.3 Å². The van der Waals surface area contributed by atoms with Crippen molar-refractivity contribution in [3.05, 3.63) is 96.8 Å². The normalized spacial score (nSPS) is 12.4. The van der Waals surface area contributed by atoms with Gasteiger partial charge in [-0.25, -0.2) is 0 Å². The van der Waals surface area contributed by atoms with Gasteiger partial charge in [-0.05, 0) is 36.4 Å². The highest BCUT2D eigenvalue weighted by Crippen LogP contribution is 2.33. The van der Waals surface area contributed by atoms with Crippen molar-refractivity contribution in [2.45, 2.75) is 12.8 Å². The van der Waals surface area contributed by atoms with Crippen molar-refractivity contribution >= 4 is 75.5 Å². The van der Waals surface area contributed by atoms with E-state index in [1.807, 2.05) is 0 Å². The molecule has 0 amide bonds. The molecule has 0 radical (unpaired) electrons. The van der Waals surface area contributed by atoms with Crippen molar-refractivity contribution in [1.82, 2.24) is 10.5 Å². The van der Waals surface area contributed by atoms with Crippen LogP contribution in [0.15, 0.2) is 59.9 Å². The third kappa shape index (κ3) is 7.01. The highest BCUT2D eigenvalue weighted by atomic mass is 35.5. The van der Waals surface area contributed by atoms with Gasteiger partial charge in [0.05, 0.1) is 27.0 Å². The lowest BCUT2D eigenvalue weighted by molar-refractivity contribution is -0.137. The van der Waals surface area contributed by atoms with E-state index in [0.717, 1.165) is 6.07 Å². The van der Waals surface area contributed by atoms with Crippen LogP contribution in [0.2, 0.25) is 25.1 Å². The van der Waals surface area contributed by atoms with Gasteiger partial charge in [0.1, 0.15) is 6.61 Å². The van der Waals surface area contributed by atoms with E-state index in [4.69, 9.17) is 62.8 Å². The second-order valence-electron chi connectivity index (χ2n) is 6.61. The minimum atomic E-state index is -4.60. The Bertz CT molecular complexity index is 1230. The molecule has 0 unspecified atom stereocenters. The van der Waals surface area contributed by atoms with Crippen LogP contribution in [0.3, 0.4) is 0 Å². The Hall–Kier alpha value is -2.00. The molecule has 1 aromatic heterocycles. The molecule has 1 heterocycles. The van der Waals surface area contributed by atoms with Crippen molar-refractivity contribution in [3.63, 3.8) is 0 Å². The fourth-order valence-electron chi connectivity index (χ4n) is 2.59. The zero-order chi connectivity index (χ0) is 24.9. The van der Waals surface area contributed by atoms with Crippen molar-refractivity contribution in [1.29, 1.82) is 0 Å². The maximum absolute atomic E-state index is 13.0. The third-order valence-corrected chi connectivity index (χ3v) is 5.80. The number of rotatable bonds is 7. The van der Waals surface area contributed by atoms with Crippen LogP contribution in [0, 0.1) is 0 Å². The largest absolute Gasteiger partial charge is 0.417 e. The third-order valence-electron chi connectivity index (χ3n) is 4.27. The molecule has 0 bridgehead atoms. The predicted octanol–water partition coefficient (Wildman–Crippen LogP) is 8.83. The quantitative estimate of drug-likeness (QED) is 0.176. The van der Waals surface area contributed by atoms with Crippen molar-refractivity contribution < 1.29 is 18.0 Å². The van der Waals surface area contributed by atoms with E-state index in [9.17, 15) is 13.2 Å². The van der Waals surface area contributed by atoms with Gasteiger partial charge in [0.25, 0.3) is 0 Å². The molecular weight excluding hydrogens is 557 g/mol. The Morgan fingerprint density at radius 1 is 0.971 bits per heavy atom. The monoisotopic (exact) mass is 567 g/mol. The van der Waals surface area contributed by atoms with Gasteiger partial charge in [0, 0.05) is 44.8 Å². The van der Waals surface area contributed by atoms with E-state index >= 15 is 0 Å². The Morgan fingerprint density at radius 2 is 1.68 bits per heavy atom. The van der Waals surface area contributed by atoms with Crippen LogP contribution in [-0.2, 0) is 17.6 Å². The zero-order valence-corrected chi connectivity index (χ0v) is 20.6. The van der Waals surface area contributed by atoms with Crippen LogP contribution < -0.4 is 5.48 Å². The predicted molar refractivity (Wildman–Crippen MR) is 131 cm³/mol. The number of benzene rings is 2. The molecule has 178 valence electrons. The average molecular weight is 570 g/mol. The van der Waals surface area contributed by atoms with Gasteiger partial charge in [-0.15, -0.1) is 0 Å². The van der Waals surface area contributed by atoms with Crippen LogP contribution in [0.5, 0.6) is 0 Å². The van der Waals surface area contributed by atoms with E-state index in [1.54, 1.807) is 30.3 Å². The minimum Gasteiger partial charge on any atom is -0.273 e. The van der Waals surface area contributed by atoms with Crippen molar-refractivity contribution in [2.75, 3.05) is 0 Å². The number of hydrogen-bond donors (Lipinski definition) is 1. The first-order valence-corrected chi connectivity index (χ1v) is 11.2. The lowest BCUT2D eigenvalue weighted by Crippen LogP contribution is -2.10. The number of nitrogens with zero attached hydrogens (tertiary/aromatic N) is 2. The zero-order valence-electron chi connectivity index (χ0n) is 16.8. The van der Waals surface area contributed by atoms with Gasteiger partial charge < -0.3 is 0 Å². The molecule has 3 rings (SSSR count). The molecule has 0 aliphatic rings. The topological polar surface area (TPSA) is 46.5 Å². The SMILES string of the molecule is FC(F)(F)c1cnc(/C(C=Nc2ccc(Cl)cc2Cl)=C\NOCc2c(Cl)cccc2Cl)c(Cl)c1. The van der Waals surface area contributed by atoms with Crippen LogP contribution in [0.1, 0.15) is 16.8 Å². The summed E-state index contributed by atoms with van der Waals surface area (Å²) in [6, 6.07) is 10.4. The van der Waals surface area contributed by atoms with Crippen molar-refractivity contribution in [3.8, 4) is 0 Å². The average Bonchev–Trinajstić information content (AvgIpc) is 2.75. The van der Waals surface area contributed by atoms with Crippen LogP contribution in [-0.4, -0.2) is 11.2 Å². The summed E-state index contributed by atoms with van der Waals surface area (Å²) in [6.45, 7) is -0.00336. The van der Waals surface area contributed by atoms with Gasteiger partial charge in [0.15, 0.2) is 0 Å². The number of pyridine rings is 1. The second-order valence-corrected chi connectivity index (χ2v) is 8.68. The highest BCUT2D eigenvalue weighted by molar-refractivity contribution is 6.37. The maximum Gasteiger partial charge on any atom is 0.417 e. The molecule has 3 aromatic rings. The Kier molecular flexibility index (Phi) is 9.09. The van der Waals surface area contributed by atoms with E-state index < -0.39 is 11.7 Å². The molecule has 4 nitrogen and oxygen atoms in total. The molecular formula is C22H13Cl5F3N3O. The number of hydroxylamine groups is 1. The summed E-state index contributed by atoms with van der Waals surface area (Å²) < 4.78 is 39.0. The van der Waals surface area contributed by atoms with Crippen LogP contribution >= 0.6 is 58.0 Å². The summed E-state index contributed by atoms with van der Waals surface area (Å²) >= 11 is 30.4. The molecule has 0 aliphatic heterocycles. The molecule has 2 aromatic carbocycles. The Labute approximate surface area is 217 Å². The number of allylic oxidation sites excluding steroid dienone is 1. The van der Waals surface area contributed by atoms with Gasteiger partial charge in [-0.1, -0.05) is 64.1 Å². The molecule has 0 saturated carbocycles. The molecule has 0 saturated heterocycles. The maximum atomic E-state index is 13.0. The molecule has 12 heteroatoms. The fourth-order valence-corrected chi connectivity index (χ4v) is 3.83. The lowest BCUT2D eigenvalue weighted by Gasteiger charge is -2.11. The van der Waals surface area contributed by atoms with E-state index in [0.29, 0.717) is 32.5 Å². The summed E-state index contributed by atoms with van der Waals surface area (Å²) in [5.74, 6) is 0.